The van der Waals surface area contributed by atoms with Gasteiger partial charge in [-0.2, -0.15) is 5.10 Å². The molecule has 0 amide bonds. The summed E-state index contributed by atoms with van der Waals surface area (Å²) in [4.78, 5) is 3.91. The van der Waals surface area contributed by atoms with Gasteiger partial charge in [0.05, 0.1) is 12.7 Å². The van der Waals surface area contributed by atoms with Crippen molar-refractivity contribution in [3.8, 4) is 0 Å². The molecule has 2 aromatic heterocycles. The molecule has 1 aliphatic rings. The molecule has 2 unspecified atom stereocenters. The third-order valence-corrected chi connectivity index (χ3v) is 4.48. The maximum Gasteiger partial charge on any atom is 0.210 e. The van der Waals surface area contributed by atoms with Crippen LogP contribution in [-0.2, 0) is 21.9 Å². The molecule has 3 N–H and O–H groups in total. The molecular weight excluding hydrogens is 344 g/mol. The standard InChI is InChI=1S/C11H14N4O2.C9H12O/c1-7-4-5-11(16,17-7)9-3-2-8-10(12)13-6-14-15(8)9;1-2-10-8-9-6-4-3-5-7-9/h2-3,6-7,16H,4-5H2,1H3,(H2,12,13,14);3-7H,2,8H2,1H3. The topological polar surface area (TPSA) is 94.9 Å². The fourth-order valence-electron chi connectivity index (χ4n) is 3.08. The Bertz CT molecular complexity index is 868. The van der Waals surface area contributed by atoms with E-state index in [9.17, 15) is 5.11 Å². The smallest absolute Gasteiger partial charge is 0.210 e. The molecule has 2 atom stereocenters. The Morgan fingerprint density at radius 3 is 2.74 bits per heavy atom. The number of ether oxygens (including phenoxy) is 2. The van der Waals surface area contributed by atoms with Crippen molar-refractivity contribution in [2.75, 3.05) is 12.3 Å². The number of aromatic nitrogens is 3. The van der Waals surface area contributed by atoms with Gasteiger partial charge in [0.25, 0.3) is 0 Å². The molecule has 144 valence electrons. The molecule has 7 heteroatoms. The van der Waals surface area contributed by atoms with E-state index in [0.29, 0.717) is 23.4 Å². The summed E-state index contributed by atoms with van der Waals surface area (Å²) in [7, 11) is 0. The molecule has 0 spiro atoms. The molecule has 0 aliphatic carbocycles. The lowest BCUT2D eigenvalue weighted by Gasteiger charge is -2.22. The van der Waals surface area contributed by atoms with Crippen LogP contribution in [0.15, 0.2) is 48.8 Å². The summed E-state index contributed by atoms with van der Waals surface area (Å²) in [6.07, 6.45) is 2.80. The molecule has 1 aliphatic heterocycles. The number of anilines is 1. The van der Waals surface area contributed by atoms with Crippen LogP contribution >= 0.6 is 0 Å². The molecule has 1 fully saturated rings. The van der Waals surface area contributed by atoms with Crippen molar-refractivity contribution in [3.63, 3.8) is 0 Å². The first-order valence-electron chi connectivity index (χ1n) is 9.14. The van der Waals surface area contributed by atoms with Crippen molar-refractivity contribution >= 4 is 11.3 Å². The number of nitrogens with zero attached hydrogens (tertiary/aromatic N) is 3. The molecule has 0 bridgehead atoms. The minimum atomic E-state index is -1.27. The van der Waals surface area contributed by atoms with Gasteiger partial charge in [-0.05, 0) is 38.0 Å². The van der Waals surface area contributed by atoms with Gasteiger partial charge in [0.15, 0.2) is 5.82 Å². The fraction of sp³-hybridized carbons (Fsp3) is 0.400. The molecule has 7 nitrogen and oxygen atoms in total. The number of hydrogen-bond donors (Lipinski definition) is 2. The average Bonchev–Trinajstić information content (AvgIpc) is 3.26. The Hall–Kier alpha value is -2.48. The molecule has 1 aromatic carbocycles. The normalized spacial score (nSPS) is 21.8. The summed E-state index contributed by atoms with van der Waals surface area (Å²) in [6.45, 7) is 5.46. The Labute approximate surface area is 158 Å². The number of rotatable bonds is 4. The zero-order valence-electron chi connectivity index (χ0n) is 15.7. The highest BCUT2D eigenvalue weighted by atomic mass is 16.6. The van der Waals surface area contributed by atoms with Gasteiger partial charge in [-0.15, -0.1) is 0 Å². The number of nitrogen functional groups attached to an aromatic ring is 1. The van der Waals surface area contributed by atoms with Crippen molar-refractivity contribution in [1.29, 1.82) is 0 Å². The van der Waals surface area contributed by atoms with E-state index in [1.807, 2.05) is 32.0 Å². The lowest BCUT2D eigenvalue weighted by atomic mass is 10.1. The van der Waals surface area contributed by atoms with Crippen LogP contribution in [0.2, 0.25) is 0 Å². The summed E-state index contributed by atoms with van der Waals surface area (Å²) in [6, 6.07) is 13.7. The maximum absolute atomic E-state index is 10.5. The van der Waals surface area contributed by atoms with Crippen LogP contribution in [0, 0.1) is 0 Å². The minimum Gasteiger partial charge on any atom is -0.382 e. The monoisotopic (exact) mass is 370 g/mol. The fourth-order valence-corrected chi connectivity index (χ4v) is 3.08. The summed E-state index contributed by atoms with van der Waals surface area (Å²) in [5, 5.41) is 14.6. The van der Waals surface area contributed by atoms with Crippen molar-refractivity contribution in [2.24, 2.45) is 0 Å². The van der Waals surface area contributed by atoms with Gasteiger partial charge < -0.3 is 20.3 Å². The van der Waals surface area contributed by atoms with Crippen LogP contribution in [0.5, 0.6) is 0 Å². The van der Waals surface area contributed by atoms with E-state index >= 15 is 0 Å². The average molecular weight is 370 g/mol. The molecule has 3 heterocycles. The molecule has 0 radical (unpaired) electrons. The maximum atomic E-state index is 10.5. The first-order valence-corrected chi connectivity index (χ1v) is 9.14. The third kappa shape index (κ3) is 4.44. The minimum absolute atomic E-state index is 0.0461. The Morgan fingerprint density at radius 1 is 1.30 bits per heavy atom. The quantitative estimate of drug-likeness (QED) is 0.733. The highest BCUT2D eigenvalue weighted by Gasteiger charge is 2.40. The Balaban J connectivity index is 0.000000180. The van der Waals surface area contributed by atoms with E-state index in [0.717, 1.165) is 19.6 Å². The Morgan fingerprint density at radius 2 is 2.07 bits per heavy atom. The molecule has 0 saturated carbocycles. The van der Waals surface area contributed by atoms with Crippen LogP contribution < -0.4 is 5.73 Å². The van der Waals surface area contributed by atoms with Crippen molar-refractivity contribution in [2.45, 2.75) is 45.2 Å². The van der Waals surface area contributed by atoms with E-state index in [1.165, 1.54) is 11.9 Å². The van der Waals surface area contributed by atoms with Gasteiger partial charge in [-0.3, -0.25) is 0 Å². The first kappa shape index (κ1) is 19.3. The predicted octanol–water partition coefficient (Wildman–Crippen LogP) is 2.88. The summed E-state index contributed by atoms with van der Waals surface area (Å²) < 4.78 is 12.4. The number of nitrogens with two attached hydrogens (primary N) is 1. The molecular formula is C20H26N4O3. The molecule has 4 rings (SSSR count). The van der Waals surface area contributed by atoms with Crippen molar-refractivity contribution in [3.05, 3.63) is 60.0 Å². The van der Waals surface area contributed by atoms with E-state index < -0.39 is 5.79 Å². The van der Waals surface area contributed by atoms with E-state index in [4.69, 9.17) is 15.2 Å². The third-order valence-electron chi connectivity index (χ3n) is 4.48. The second-order valence-electron chi connectivity index (χ2n) is 6.54. The summed E-state index contributed by atoms with van der Waals surface area (Å²) >= 11 is 0. The largest absolute Gasteiger partial charge is 0.382 e. The van der Waals surface area contributed by atoms with Gasteiger partial charge >= 0.3 is 0 Å². The molecule has 1 saturated heterocycles. The van der Waals surface area contributed by atoms with Crippen LogP contribution in [0.4, 0.5) is 5.82 Å². The van der Waals surface area contributed by atoms with E-state index in [2.05, 4.69) is 22.2 Å². The molecule has 27 heavy (non-hydrogen) atoms. The number of benzene rings is 1. The van der Waals surface area contributed by atoms with Gasteiger partial charge in [0.2, 0.25) is 5.79 Å². The Kier molecular flexibility index (Phi) is 6.05. The van der Waals surface area contributed by atoms with E-state index in [-0.39, 0.29) is 6.10 Å². The predicted molar refractivity (Wildman–Crippen MR) is 103 cm³/mol. The van der Waals surface area contributed by atoms with Crippen molar-refractivity contribution in [1.82, 2.24) is 14.6 Å². The van der Waals surface area contributed by atoms with E-state index in [1.54, 1.807) is 16.6 Å². The SMILES string of the molecule is CC1CCC(O)(c2ccc3c(N)ncnn23)O1.CCOCc1ccccc1. The zero-order chi connectivity index (χ0) is 19.3. The number of fused-ring (bicyclic) bond motifs is 1. The van der Waals surface area contributed by atoms with Gasteiger partial charge in [-0.25, -0.2) is 9.50 Å². The van der Waals surface area contributed by atoms with Crippen molar-refractivity contribution < 1.29 is 14.6 Å². The molecule has 3 aromatic rings. The van der Waals surface area contributed by atoms with Crippen LogP contribution in [0.1, 0.15) is 37.9 Å². The lowest BCUT2D eigenvalue weighted by molar-refractivity contribution is -0.200. The summed E-state index contributed by atoms with van der Waals surface area (Å²) in [5.41, 5.74) is 8.27. The van der Waals surface area contributed by atoms with Crippen LogP contribution in [0.25, 0.3) is 5.52 Å². The number of aliphatic hydroxyl groups is 1. The van der Waals surface area contributed by atoms with Crippen LogP contribution in [-0.4, -0.2) is 32.4 Å². The van der Waals surface area contributed by atoms with Gasteiger partial charge in [-0.1, -0.05) is 30.3 Å². The second-order valence-corrected chi connectivity index (χ2v) is 6.54. The highest BCUT2D eigenvalue weighted by molar-refractivity contribution is 5.65. The highest BCUT2D eigenvalue weighted by Crippen LogP contribution is 2.37. The second kappa shape index (κ2) is 8.47. The van der Waals surface area contributed by atoms with Crippen LogP contribution in [0.3, 0.4) is 0 Å². The van der Waals surface area contributed by atoms with Gasteiger partial charge in [0.1, 0.15) is 17.5 Å². The van der Waals surface area contributed by atoms with Gasteiger partial charge in [0, 0.05) is 13.0 Å². The summed E-state index contributed by atoms with van der Waals surface area (Å²) in [5.74, 6) is -0.881. The number of hydrogen-bond acceptors (Lipinski definition) is 6. The lowest BCUT2D eigenvalue weighted by Crippen LogP contribution is -2.27. The first-order chi connectivity index (χ1) is 13.0. The zero-order valence-corrected chi connectivity index (χ0v) is 15.7.